The zero-order valence-corrected chi connectivity index (χ0v) is 11.6. The van der Waals surface area contributed by atoms with Crippen LogP contribution in [0.2, 0.25) is 0 Å². The van der Waals surface area contributed by atoms with Gasteiger partial charge in [0, 0.05) is 15.8 Å². The first-order valence-corrected chi connectivity index (χ1v) is 7.69. The summed E-state index contributed by atoms with van der Waals surface area (Å²) in [5, 5.41) is 0. The fraction of sp³-hybridized carbons (Fsp3) is 0.714. The van der Waals surface area contributed by atoms with Crippen LogP contribution >= 0.6 is 11.3 Å². The second-order valence-electron chi connectivity index (χ2n) is 4.89. The molecule has 0 radical (unpaired) electrons. The van der Waals surface area contributed by atoms with Gasteiger partial charge in [0.15, 0.2) is 0 Å². The Labute approximate surface area is 109 Å². The van der Waals surface area contributed by atoms with E-state index in [1.54, 1.807) is 0 Å². The first-order valence-electron chi connectivity index (χ1n) is 6.88. The monoisotopic (exact) mass is 252 g/mol. The van der Waals surface area contributed by atoms with Gasteiger partial charge in [0.25, 0.3) is 0 Å². The molecule has 2 heterocycles. The number of hydrogen-bond acceptors (Lipinski definition) is 3. The van der Waals surface area contributed by atoms with Crippen LogP contribution in [0, 0.1) is 0 Å². The van der Waals surface area contributed by atoms with E-state index in [1.807, 2.05) is 11.3 Å². The van der Waals surface area contributed by atoms with Crippen LogP contribution in [0.15, 0.2) is 12.1 Å². The van der Waals surface area contributed by atoms with Crippen molar-refractivity contribution >= 4 is 11.3 Å². The Morgan fingerprint density at radius 2 is 2.12 bits per heavy atom. The molecule has 0 saturated carbocycles. The van der Waals surface area contributed by atoms with Gasteiger partial charge in [-0.3, -0.25) is 4.90 Å². The van der Waals surface area contributed by atoms with Crippen molar-refractivity contribution in [1.29, 1.82) is 0 Å². The van der Waals surface area contributed by atoms with Crippen LogP contribution in [0.4, 0.5) is 0 Å². The molecule has 0 aromatic carbocycles. The summed E-state index contributed by atoms with van der Waals surface area (Å²) in [4.78, 5) is 5.68. The average molecular weight is 252 g/mol. The molecule has 0 bridgehead atoms. The highest BCUT2D eigenvalue weighted by atomic mass is 32.1. The summed E-state index contributed by atoms with van der Waals surface area (Å²) in [5.41, 5.74) is 5.78. The number of hydrogen-bond donors (Lipinski definition) is 1. The highest BCUT2D eigenvalue weighted by Crippen LogP contribution is 2.32. The van der Waals surface area contributed by atoms with Crippen LogP contribution < -0.4 is 5.73 Å². The van der Waals surface area contributed by atoms with E-state index in [0.29, 0.717) is 6.04 Å². The van der Waals surface area contributed by atoms with Crippen LogP contribution in [-0.4, -0.2) is 24.5 Å². The van der Waals surface area contributed by atoms with Crippen LogP contribution in [0.25, 0.3) is 0 Å². The van der Waals surface area contributed by atoms with Gasteiger partial charge in [0.1, 0.15) is 0 Å². The van der Waals surface area contributed by atoms with Gasteiger partial charge in [-0.05, 0) is 57.5 Å². The Hall–Kier alpha value is -0.380. The molecule has 1 unspecified atom stereocenters. The number of nitrogens with zero attached hydrogens (tertiary/aromatic N) is 1. The Balaban J connectivity index is 2.07. The highest BCUT2D eigenvalue weighted by molar-refractivity contribution is 7.12. The highest BCUT2D eigenvalue weighted by Gasteiger charge is 2.23. The van der Waals surface area contributed by atoms with Gasteiger partial charge in [-0.15, -0.1) is 11.3 Å². The maximum Gasteiger partial charge on any atom is 0.0453 e. The summed E-state index contributed by atoms with van der Waals surface area (Å²) in [6, 6.07) is 5.22. The lowest BCUT2D eigenvalue weighted by Gasteiger charge is -2.26. The van der Waals surface area contributed by atoms with E-state index in [4.69, 9.17) is 5.73 Å². The van der Waals surface area contributed by atoms with Crippen molar-refractivity contribution in [3.8, 4) is 0 Å². The predicted octanol–water partition coefficient (Wildman–Crippen LogP) is 3.19. The minimum Gasteiger partial charge on any atom is -0.330 e. The summed E-state index contributed by atoms with van der Waals surface area (Å²) in [6.45, 7) is 5.55. The van der Waals surface area contributed by atoms with Gasteiger partial charge in [-0.2, -0.15) is 0 Å². The SMILES string of the molecule is CCCc1ccc(C(CCN)N2CCCC2)s1. The topological polar surface area (TPSA) is 29.3 Å². The lowest BCUT2D eigenvalue weighted by atomic mass is 10.1. The fourth-order valence-electron chi connectivity index (χ4n) is 2.67. The van der Waals surface area contributed by atoms with Gasteiger partial charge >= 0.3 is 0 Å². The molecule has 0 aliphatic carbocycles. The molecule has 1 aliphatic rings. The second kappa shape index (κ2) is 6.53. The summed E-state index contributed by atoms with van der Waals surface area (Å²) in [5.74, 6) is 0. The van der Waals surface area contributed by atoms with E-state index in [2.05, 4.69) is 24.0 Å². The lowest BCUT2D eigenvalue weighted by molar-refractivity contribution is 0.239. The van der Waals surface area contributed by atoms with E-state index in [-0.39, 0.29) is 0 Å². The zero-order valence-electron chi connectivity index (χ0n) is 10.8. The predicted molar refractivity (Wildman–Crippen MR) is 75.5 cm³/mol. The molecule has 2 N–H and O–H groups in total. The van der Waals surface area contributed by atoms with Crippen molar-refractivity contribution in [2.45, 2.75) is 45.1 Å². The molecule has 0 spiro atoms. The molecule has 1 saturated heterocycles. The van der Waals surface area contributed by atoms with Gasteiger partial charge in [0.2, 0.25) is 0 Å². The van der Waals surface area contributed by atoms with E-state index in [0.717, 1.165) is 13.0 Å². The number of likely N-dealkylation sites (tertiary alicyclic amines) is 1. The molecule has 1 aliphatic heterocycles. The summed E-state index contributed by atoms with van der Waals surface area (Å²) < 4.78 is 0. The van der Waals surface area contributed by atoms with Gasteiger partial charge in [-0.25, -0.2) is 0 Å². The first kappa shape index (κ1) is 13.1. The Morgan fingerprint density at radius 3 is 2.76 bits per heavy atom. The van der Waals surface area contributed by atoms with Gasteiger partial charge < -0.3 is 5.73 Å². The van der Waals surface area contributed by atoms with Crippen molar-refractivity contribution < 1.29 is 0 Å². The van der Waals surface area contributed by atoms with E-state index in [9.17, 15) is 0 Å². The summed E-state index contributed by atoms with van der Waals surface area (Å²) in [6.07, 6.45) is 6.28. The van der Waals surface area contributed by atoms with Crippen molar-refractivity contribution in [3.05, 3.63) is 21.9 Å². The molecule has 17 heavy (non-hydrogen) atoms. The van der Waals surface area contributed by atoms with E-state index >= 15 is 0 Å². The Morgan fingerprint density at radius 1 is 1.35 bits per heavy atom. The number of aryl methyl sites for hydroxylation is 1. The van der Waals surface area contributed by atoms with E-state index < -0.39 is 0 Å². The Bertz CT molecular complexity index is 329. The molecule has 1 fully saturated rings. The number of nitrogens with two attached hydrogens (primary N) is 1. The third kappa shape index (κ3) is 3.30. The minimum atomic E-state index is 0.582. The molecule has 2 rings (SSSR count). The standard InChI is InChI=1S/C14H24N2S/c1-2-5-12-6-7-14(17-12)13(8-9-15)16-10-3-4-11-16/h6-7,13H,2-5,8-11,15H2,1H3. The Kier molecular flexibility index (Phi) is 5.01. The second-order valence-corrected chi connectivity index (χ2v) is 6.09. The minimum absolute atomic E-state index is 0.582. The van der Waals surface area contributed by atoms with Crippen LogP contribution in [0.5, 0.6) is 0 Å². The lowest BCUT2D eigenvalue weighted by Crippen LogP contribution is -2.26. The van der Waals surface area contributed by atoms with Crippen molar-refractivity contribution in [2.24, 2.45) is 5.73 Å². The van der Waals surface area contributed by atoms with Crippen molar-refractivity contribution in [2.75, 3.05) is 19.6 Å². The van der Waals surface area contributed by atoms with E-state index in [1.165, 1.54) is 48.5 Å². The molecule has 3 heteroatoms. The summed E-state index contributed by atoms with van der Waals surface area (Å²) in [7, 11) is 0. The summed E-state index contributed by atoms with van der Waals surface area (Å²) >= 11 is 2.00. The fourth-order valence-corrected chi connectivity index (χ4v) is 3.95. The number of rotatable bonds is 6. The van der Waals surface area contributed by atoms with Crippen LogP contribution in [0.1, 0.15) is 48.4 Å². The zero-order chi connectivity index (χ0) is 12.1. The smallest absolute Gasteiger partial charge is 0.0453 e. The van der Waals surface area contributed by atoms with Gasteiger partial charge in [0.05, 0.1) is 0 Å². The average Bonchev–Trinajstić information content (AvgIpc) is 2.97. The van der Waals surface area contributed by atoms with Crippen molar-refractivity contribution in [1.82, 2.24) is 4.90 Å². The largest absolute Gasteiger partial charge is 0.330 e. The normalized spacial score (nSPS) is 18.7. The maximum atomic E-state index is 5.78. The maximum absolute atomic E-state index is 5.78. The van der Waals surface area contributed by atoms with Crippen LogP contribution in [-0.2, 0) is 6.42 Å². The number of thiophene rings is 1. The molecule has 2 nitrogen and oxygen atoms in total. The molecular weight excluding hydrogens is 228 g/mol. The molecule has 1 atom stereocenters. The quantitative estimate of drug-likeness (QED) is 0.842. The molecule has 1 aromatic rings. The van der Waals surface area contributed by atoms with Crippen LogP contribution in [0.3, 0.4) is 0 Å². The molecule has 0 amide bonds. The third-order valence-electron chi connectivity index (χ3n) is 3.53. The molecule has 96 valence electrons. The first-order chi connectivity index (χ1) is 8.35. The molecule has 1 aromatic heterocycles. The van der Waals surface area contributed by atoms with Gasteiger partial charge in [-0.1, -0.05) is 13.3 Å². The molecular formula is C14H24N2S. The third-order valence-corrected chi connectivity index (χ3v) is 4.78. The van der Waals surface area contributed by atoms with Crippen molar-refractivity contribution in [3.63, 3.8) is 0 Å².